The maximum Gasteiger partial charge on any atom is 0.433 e. The van der Waals surface area contributed by atoms with E-state index < -0.39 is 17.6 Å². The lowest BCUT2D eigenvalue weighted by molar-refractivity contribution is -0.141. The number of nitrogens with zero attached hydrogens (tertiary/aromatic N) is 4. The van der Waals surface area contributed by atoms with Crippen molar-refractivity contribution in [2.45, 2.75) is 25.7 Å². The summed E-state index contributed by atoms with van der Waals surface area (Å²) in [6, 6.07) is 14.4. The minimum absolute atomic E-state index is 0.0248. The van der Waals surface area contributed by atoms with E-state index in [1.165, 1.54) is 28.8 Å². The van der Waals surface area contributed by atoms with Crippen molar-refractivity contribution in [1.29, 1.82) is 5.26 Å². The quantitative estimate of drug-likeness (QED) is 0.342. The van der Waals surface area contributed by atoms with Gasteiger partial charge < -0.3 is 9.47 Å². The Hall–Kier alpha value is -4.72. The molecule has 0 amide bonds. The van der Waals surface area contributed by atoms with Crippen LogP contribution in [0.15, 0.2) is 65.6 Å². The monoisotopic (exact) mass is 508 g/mol. The molecule has 1 aliphatic rings. The molecule has 37 heavy (non-hydrogen) atoms. The number of aromatic nitrogens is 3. The fraction of sp³-hybridized carbons (Fsp3) is 0.154. The Morgan fingerprint density at radius 1 is 1.08 bits per heavy atom. The van der Waals surface area contributed by atoms with Gasteiger partial charge in [0.15, 0.2) is 0 Å². The number of pyridine rings is 1. The fourth-order valence-electron chi connectivity index (χ4n) is 3.99. The fourth-order valence-corrected chi connectivity index (χ4v) is 3.99. The highest BCUT2D eigenvalue weighted by Crippen LogP contribution is 2.32. The number of alkyl halides is 3. The molecule has 3 heterocycles. The van der Waals surface area contributed by atoms with Gasteiger partial charge in [0.2, 0.25) is 5.88 Å². The molecule has 0 radical (unpaired) electrons. The molecule has 1 aliphatic heterocycles. The average molecular weight is 508 g/mol. The number of fused-ring (bicyclic) bond motifs is 3. The topological polar surface area (TPSA) is 90.0 Å². The van der Waals surface area contributed by atoms with Crippen LogP contribution in [0, 0.1) is 17.1 Å². The van der Waals surface area contributed by atoms with Crippen LogP contribution in [-0.4, -0.2) is 14.5 Å². The van der Waals surface area contributed by atoms with Gasteiger partial charge in [-0.2, -0.15) is 23.4 Å². The van der Waals surface area contributed by atoms with E-state index >= 15 is 0 Å². The first-order valence-electron chi connectivity index (χ1n) is 11.0. The molecule has 0 saturated heterocycles. The molecule has 0 aliphatic carbocycles. The van der Waals surface area contributed by atoms with Gasteiger partial charge >= 0.3 is 11.9 Å². The highest BCUT2D eigenvalue weighted by molar-refractivity contribution is 5.66. The molecule has 0 unspecified atom stereocenters. The van der Waals surface area contributed by atoms with Crippen LogP contribution in [0.3, 0.4) is 0 Å². The van der Waals surface area contributed by atoms with Crippen molar-refractivity contribution >= 4 is 0 Å². The van der Waals surface area contributed by atoms with Crippen molar-refractivity contribution in [3.8, 4) is 34.7 Å². The minimum Gasteiger partial charge on any atom is -0.473 e. The number of hydrogen-bond acceptors (Lipinski definition) is 6. The number of aryl methyl sites for hydroxylation is 1. The summed E-state index contributed by atoms with van der Waals surface area (Å²) in [4.78, 5) is 19.8. The molecular weight excluding hydrogens is 492 g/mol. The van der Waals surface area contributed by atoms with Crippen molar-refractivity contribution < 1.29 is 27.0 Å². The highest BCUT2D eigenvalue weighted by atomic mass is 19.4. The SMILES string of the molecule is N#Cc1cc(COc2cc3n(c(=O)n2)CCc2cc(F)ccc2-3)ccc1Oc1ccc(C(F)(F)F)nc1. The van der Waals surface area contributed by atoms with Crippen molar-refractivity contribution in [3.63, 3.8) is 0 Å². The van der Waals surface area contributed by atoms with Crippen LogP contribution >= 0.6 is 0 Å². The Morgan fingerprint density at radius 2 is 1.92 bits per heavy atom. The first-order chi connectivity index (χ1) is 17.7. The lowest BCUT2D eigenvalue weighted by atomic mass is 9.98. The summed E-state index contributed by atoms with van der Waals surface area (Å²) in [5.74, 6) is -0.118. The molecule has 11 heteroatoms. The zero-order valence-electron chi connectivity index (χ0n) is 18.9. The molecule has 7 nitrogen and oxygen atoms in total. The summed E-state index contributed by atoms with van der Waals surface area (Å²) in [6.07, 6.45) is -3.14. The molecule has 0 N–H and O–H groups in total. The van der Waals surface area contributed by atoms with Gasteiger partial charge in [0, 0.05) is 18.2 Å². The molecule has 0 saturated carbocycles. The predicted octanol–water partition coefficient (Wildman–Crippen LogP) is 5.26. The number of nitriles is 1. The van der Waals surface area contributed by atoms with E-state index in [9.17, 15) is 27.6 Å². The number of benzene rings is 2. The number of rotatable bonds is 5. The standard InChI is InChI=1S/C26H16F4N4O3/c27-18-2-4-20-16(10-18)7-8-34-21(20)11-24(33-25(34)35)36-14-15-1-5-22(17(9-15)12-31)37-19-3-6-23(32-13-19)26(28,29)30/h1-6,9-11,13H,7-8,14H2. The summed E-state index contributed by atoms with van der Waals surface area (Å²) in [6.45, 7) is 0.350. The Bertz CT molecular complexity index is 1590. The molecule has 2 aromatic heterocycles. The van der Waals surface area contributed by atoms with Gasteiger partial charge in [-0.3, -0.25) is 4.57 Å². The molecule has 0 spiro atoms. The van der Waals surface area contributed by atoms with Crippen LogP contribution in [-0.2, 0) is 25.7 Å². The van der Waals surface area contributed by atoms with E-state index in [0.29, 0.717) is 24.2 Å². The van der Waals surface area contributed by atoms with E-state index in [0.717, 1.165) is 29.5 Å². The lowest BCUT2D eigenvalue weighted by Gasteiger charge is -2.21. The van der Waals surface area contributed by atoms with Crippen molar-refractivity contribution in [1.82, 2.24) is 14.5 Å². The van der Waals surface area contributed by atoms with Crippen LogP contribution < -0.4 is 15.2 Å². The average Bonchev–Trinajstić information content (AvgIpc) is 2.87. The molecule has 4 aromatic rings. The maximum atomic E-state index is 13.6. The third-order valence-corrected chi connectivity index (χ3v) is 5.74. The van der Waals surface area contributed by atoms with Crippen LogP contribution in [0.4, 0.5) is 17.6 Å². The lowest BCUT2D eigenvalue weighted by Crippen LogP contribution is -2.28. The van der Waals surface area contributed by atoms with Gasteiger partial charge in [0.25, 0.3) is 0 Å². The third kappa shape index (κ3) is 4.99. The Labute approximate surface area is 207 Å². The summed E-state index contributed by atoms with van der Waals surface area (Å²) < 4.78 is 64.5. The Morgan fingerprint density at radius 3 is 2.65 bits per heavy atom. The van der Waals surface area contributed by atoms with E-state index in [-0.39, 0.29) is 35.4 Å². The van der Waals surface area contributed by atoms with Crippen LogP contribution in [0.2, 0.25) is 0 Å². The predicted molar refractivity (Wildman–Crippen MR) is 122 cm³/mol. The maximum absolute atomic E-state index is 13.6. The van der Waals surface area contributed by atoms with Crippen molar-refractivity contribution in [2.24, 2.45) is 0 Å². The molecular formula is C26H16F4N4O3. The van der Waals surface area contributed by atoms with Crippen LogP contribution in [0.25, 0.3) is 11.3 Å². The third-order valence-electron chi connectivity index (χ3n) is 5.74. The van der Waals surface area contributed by atoms with Crippen molar-refractivity contribution in [3.05, 3.63) is 99.5 Å². The Balaban J connectivity index is 1.33. The summed E-state index contributed by atoms with van der Waals surface area (Å²) in [5.41, 5.74) is 1.22. The van der Waals surface area contributed by atoms with Gasteiger partial charge in [-0.1, -0.05) is 6.07 Å². The van der Waals surface area contributed by atoms with E-state index in [4.69, 9.17) is 9.47 Å². The smallest absolute Gasteiger partial charge is 0.433 e. The van der Waals surface area contributed by atoms with Crippen LogP contribution in [0.5, 0.6) is 17.4 Å². The first-order valence-corrected chi connectivity index (χ1v) is 11.0. The molecule has 5 rings (SSSR count). The second kappa shape index (κ2) is 9.39. The summed E-state index contributed by atoms with van der Waals surface area (Å²) in [7, 11) is 0. The zero-order chi connectivity index (χ0) is 26.2. The normalized spacial score (nSPS) is 12.3. The molecule has 0 bridgehead atoms. The zero-order valence-corrected chi connectivity index (χ0v) is 18.9. The molecule has 186 valence electrons. The minimum atomic E-state index is -4.57. The van der Waals surface area contributed by atoms with Crippen LogP contribution in [0.1, 0.15) is 22.4 Å². The number of halogens is 4. The second-order valence-corrected chi connectivity index (χ2v) is 8.18. The largest absolute Gasteiger partial charge is 0.473 e. The van der Waals surface area contributed by atoms with Gasteiger partial charge in [-0.25, -0.2) is 14.2 Å². The first kappa shape index (κ1) is 24.0. The van der Waals surface area contributed by atoms with E-state index in [1.54, 1.807) is 18.2 Å². The van der Waals surface area contributed by atoms with Gasteiger partial charge in [0.05, 0.1) is 17.5 Å². The van der Waals surface area contributed by atoms with Gasteiger partial charge in [0.1, 0.15) is 35.7 Å². The molecule has 0 atom stereocenters. The van der Waals surface area contributed by atoms with Gasteiger partial charge in [-0.05, 0) is 60.0 Å². The van der Waals surface area contributed by atoms with E-state index in [1.807, 2.05) is 6.07 Å². The van der Waals surface area contributed by atoms with E-state index in [2.05, 4.69) is 9.97 Å². The van der Waals surface area contributed by atoms with Gasteiger partial charge in [-0.15, -0.1) is 0 Å². The Kier molecular flexibility index (Phi) is 6.09. The summed E-state index contributed by atoms with van der Waals surface area (Å²) in [5, 5.41) is 9.52. The highest BCUT2D eigenvalue weighted by Gasteiger charge is 2.32. The van der Waals surface area contributed by atoms with Crippen molar-refractivity contribution in [2.75, 3.05) is 0 Å². The molecule has 2 aromatic carbocycles. The second-order valence-electron chi connectivity index (χ2n) is 8.18. The summed E-state index contributed by atoms with van der Waals surface area (Å²) >= 11 is 0. The molecule has 0 fully saturated rings. The number of ether oxygens (including phenoxy) is 2. The number of hydrogen-bond donors (Lipinski definition) is 0.